The van der Waals surface area contributed by atoms with Crippen molar-refractivity contribution in [2.24, 2.45) is 0 Å². The molecule has 0 aliphatic heterocycles. The molecule has 1 atom stereocenters. The molecule has 0 saturated heterocycles. The molecule has 5 rings (SSSR count). The molecule has 5 aromatic rings. The average molecular weight is 368 g/mol. The Kier molecular flexibility index (Phi) is 3.76. The van der Waals surface area contributed by atoms with Crippen LogP contribution in [0.1, 0.15) is 18.5 Å². The minimum atomic E-state index is -0.469. The maximum Gasteiger partial charge on any atom is 0.423 e. The summed E-state index contributed by atoms with van der Waals surface area (Å²) < 4.78 is 6.89. The highest BCUT2D eigenvalue weighted by Gasteiger charge is 2.19. The van der Waals surface area contributed by atoms with Gasteiger partial charge in [-0.05, 0) is 24.6 Å². The van der Waals surface area contributed by atoms with Crippen molar-refractivity contribution in [3.8, 4) is 11.3 Å². The Hall–Kier alpha value is -3.80. The van der Waals surface area contributed by atoms with E-state index in [2.05, 4.69) is 9.97 Å². The Morgan fingerprint density at radius 1 is 0.964 bits per heavy atom. The number of benzene rings is 2. The van der Waals surface area contributed by atoms with Crippen LogP contribution in [0, 0.1) is 0 Å². The lowest BCUT2D eigenvalue weighted by Crippen LogP contribution is -2.19. The fourth-order valence-electron chi connectivity index (χ4n) is 3.49. The normalized spacial score (nSPS) is 12.5. The second kappa shape index (κ2) is 6.42. The first-order chi connectivity index (χ1) is 13.7. The van der Waals surface area contributed by atoms with Crippen LogP contribution >= 0.6 is 0 Å². The highest BCUT2D eigenvalue weighted by atomic mass is 16.4. The number of fused-ring (bicyclic) bond motifs is 2. The second-order valence-corrected chi connectivity index (χ2v) is 6.58. The van der Waals surface area contributed by atoms with Crippen molar-refractivity contribution < 1.29 is 4.42 Å². The van der Waals surface area contributed by atoms with Gasteiger partial charge in [0.05, 0.1) is 23.4 Å². The Morgan fingerprint density at radius 3 is 2.68 bits per heavy atom. The Morgan fingerprint density at radius 2 is 1.82 bits per heavy atom. The van der Waals surface area contributed by atoms with Crippen LogP contribution in [0.2, 0.25) is 0 Å². The molecule has 1 unspecified atom stereocenters. The van der Waals surface area contributed by atoms with Crippen molar-refractivity contribution in [2.45, 2.75) is 13.0 Å². The quantitative estimate of drug-likeness (QED) is 0.477. The molecular formula is C22H16N4O2. The van der Waals surface area contributed by atoms with Crippen molar-refractivity contribution in [1.82, 2.24) is 19.5 Å². The molecular weight excluding hydrogens is 352 g/mol. The van der Waals surface area contributed by atoms with Crippen molar-refractivity contribution in [2.75, 3.05) is 0 Å². The number of hydrogen-bond donors (Lipinski definition) is 0. The lowest BCUT2D eigenvalue weighted by molar-refractivity contribution is 0.485. The fraction of sp³-hybridized carbons (Fsp3) is 0.0909. The van der Waals surface area contributed by atoms with Gasteiger partial charge in [-0.25, -0.2) is 19.3 Å². The van der Waals surface area contributed by atoms with Gasteiger partial charge in [0.1, 0.15) is 0 Å². The molecule has 3 aromatic heterocycles. The molecule has 6 heteroatoms. The average Bonchev–Trinajstić information content (AvgIpc) is 3.08. The molecule has 28 heavy (non-hydrogen) atoms. The number of oxazole rings is 1. The first-order valence-corrected chi connectivity index (χ1v) is 8.99. The first kappa shape index (κ1) is 16.4. The molecule has 136 valence electrons. The van der Waals surface area contributed by atoms with Crippen molar-refractivity contribution in [1.29, 1.82) is 0 Å². The van der Waals surface area contributed by atoms with Crippen LogP contribution in [0.5, 0.6) is 0 Å². The van der Waals surface area contributed by atoms with Gasteiger partial charge in [-0.1, -0.05) is 48.5 Å². The third kappa shape index (κ3) is 2.58. The number of hydrogen-bond acceptors (Lipinski definition) is 5. The Labute approximate surface area is 160 Å². The molecule has 0 saturated carbocycles. The third-order valence-electron chi connectivity index (χ3n) is 4.92. The lowest BCUT2D eigenvalue weighted by Gasteiger charge is -2.12. The summed E-state index contributed by atoms with van der Waals surface area (Å²) in [6.07, 6.45) is 3.39. The molecule has 0 aliphatic rings. The van der Waals surface area contributed by atoms with E-state index in [1.807, 2.05) is 67.6 Å². The van der Waals surface area contributed by atoms with Gasteiger partial charge < -0.3 is 4.42 Å². The smallest absolute Gasteiger partial charge is 0.387 e. The number of pyridine rings is 1. The highest BCUT2D eigenvalue weighted by Crippen LogP contribution is 2.28. The van der Waals surface area contributed by atoms with Gasteiger partial charge in [0.25, 0.3) is 5.71 Å². The largest absolute Gasteiger partial charge is 0.423 e. The highest BCUT2D eigenvalue weighted by molar-refractivity contribution is 5.93. The zero-order valence-electron chi connectivity index (χ0n) is 15.1. The number of rotatable bonds is 3. The van der Waals surface area contributed by atoms with E-state index in [-0.39, 0.29) is 11.8 Å². The number of nitrogens with zero attached hydrogens (tertiary/aromatic N) is 4. The van der Waals surface area contributed by atoms with Crippen LogP contribution in [-0.4, -0.2) is 19.5 Å². The van der Waals surface area contributed by atoms with E-state index in [9.17, 15) is 4.79 Å². The Bertz CT molecular complexity index is 1350. The van der Waals surface area contributed by atoms with E-state index in [4.69, 9.17) is 9.40 Å². The molecule has 0 N–H and O–H groups in total. The van der Waals surface area contributed by atoms with Crippen LogP contribution in [0.4, 0.5) is 0 Å². The van der Waals surface area contributed by atoms with E-state index in [1.54, 1.807) is 17.0 Å². The van der Waals surface area contributed by atoms with Gasteiger partial charge in [-0.15, -0.1) is 0 Å². The summed E-state index contributed by atoms with van der Waals surface area (Å²) in [5.41, 5.74) is 4.11. The van der Waals surface area contributed by atoms with E-state index in [0.29, 0.717) is 11.3 Å². The standard InChI is InChI=1S/C22H16N4O2/c1-14(15-7-3-2-4-8-15)26-20-21(28-22(26)27)24-13-19(25-20)17-9-5-11-18-16(17)10-6-12-23-18/h2-14H,1H3. The van der Waals surface area contributed by atoms with Gasteiger partial charge >= 0.3 is 5.76 Å². The second-order valence-electron chi connectivity index (χ2n) is 6.58. The minimum Gasteiger partial charge on any atom is -0.387 e. The summed E-state index contributed by atoms with van der Waals surface area (Å²) in [5, 5.41) is 0.979. The van der Waals surface area contributed by atoms with Crippen LogP contribution < -0.4 is 5.76 Å². The molecule has 0 aliphatic carbocycles. The predicted octanol–water partition coefficient (Wildman–Crippen LogP) is 4.21. The van der Waals surface area contributed by atoms with E-state index in [0.717, 1.165) is 22.0 Å². The van der Waals surface area contributed by atoms with Gasteiger partial charge in [0.2, 0.25) is 5.65 Å². The van der Waals surface area contributed by atoms with E-state index in [1.165, 1.54) is 0 Å². The van der Waals surface area contributed by atoms with Crippen molar-refractivity contribution >= 4 is 22.3 Å². The van der Waals surface area contributed by atoms with E-state index >= 15 is 0 Å². The van der Waals surface area contributed by atoms with Crippen molar-refractivity contribution in [3.63, 3.8) is 0 Å². The van der Waals surface area contributed by atoms with Gasteiger partial charge in [-0.3, -0.25) is 4.98 Å². The topological polar surface area (TPSA) is 73.8 Å². The third-order valence-corrected chi connectivity index (χ3v) is 4.92. The zero-order chi connectivity index (χ0) is 19.1. The van der Waals surface area contributed by atoms with Crippen molar-refractivity contribution in [3.05, 3.63) is 89.2 Å². The van der Waals surface area contributed by atoms with Crippen LogP contribution in [0.25, 0.3) is 33.5 Å². The van der Waals surface area contributed by atoms with Gasteiger partial charge in [0, 0.05) is 17.1 Å². The summed E-state index contributed by atoms with van der Waals surface area (Å²) in [4.78, 5) is 26.0. The Balaban J connectivity index is 1.72. The zero-order valence-corrected chi connectivity index (χ0v) is 15.1. The minimum absolute atomic E-state index is 0.228. The lowest BCUT2D eigenvalue weighted by atomic mass is 10.1. The predicted molar refractivity (Wildman–Crippen MR) is 107 cm³/mol. The summed E-state index contributed by atoms with van der Waals surface area (Å²) >= 11 is 0. The van der Waals surface area contributed by atoms with Gasteiger partial charge in [0.15, 0.2) is 0 Å². The molecule has 0 radical (unpaired) electrons. The maximum absolute atomic E-state index is 12.5. The number of aromatic nitrogens is 4. The molecule has 0 fully saturated rings. The summed E-state index contributed by atoms with van der Waals surface area (Å²) in [6, 6.07) is 19.3. The molecule has 3 heterocycles. The summed E-state index contributed by atoms with van der Waals surface area (Å²) in [7, 11) is 0. The summed E-state index contributed by atoms with van der Waals surface area (Å²) in [5.74, 6) is -0.469. The molecule has 2 aromatic carbocycles. The maximum atomic E-state index is 12.5. The summed E-state index contributed by atoms with van der Waals surface area (Å²) in [6.45, 7) is 1.95. The SMILES string of the molecule is CC(c1ccccc1)n1c(=O)oc2ncc(-c3cccc4ncccc34)nc21. The van der Waals surface area contributed by atoms with Gasteiger partial charge in [-0.2, -0.15) is 0 Å². The molecule has 6 nitrogen and oxygen atoms in total. The molecule has 0 spiro atoms. The molecule has 0 bridgehead atoms. The van der Waals surface area contributed by atoms with Crippen LogP contribution in [0.15, 0.2) is 82.3 Å². The van der Waals surface area contributed by atoms with Crippen LogP contribution in [-0.2, 0) is 0 Å². The monoisotopic (exact) mass is 368 g/mol. The molecule has 0 amide bonds. The van der Waals surface area contributed by atoms with Crippen LogP contribution in [0.3, 0.4) is 0 Å². The first-order valence-electron chi connectivity index (χ1n) is 8.99. The van der Waals surface area contributed by atoms with E-state index < -0.39 is 5.76 Å². The fourth-order valence-corrected chi connectivity index (χ4v) is 3.49.